The maximum atomic E-state index is 13.0. The van der Waals surface area contributed by atoms with Gasteiger partial charge in [-0.15, -0.1) is 0 Å². The van der Waals surface area contributed by atoms with E-state index in [1.165, 1.54) is 0 Å². The van der Waals surface area contributed by atoms with Gasteiger partial charge in [-0.05, 0) is 36.6 Å². The third kappa shape index (κ3) is 6.39. The summed E-state index contributed by atoms with van der Waals surface area (Å²) >= 11 is 0. The van der Waals surface area contributed by atoms with Gasteiger partial charge in [0, 0.05) is 19.7 Å². The molecular formula is C22H28N2O4. The zero-order chi connectivity index (χ0) is 20.4. The molecule has 0 saturated heterocycles. The molecule has 1 atom stereocenters. The molecule has 2 aromatic carbocycles. The summed E-state index contributed by atoms with van der Waals surface area (Å²) in [5.74, 6) is 0.385. The summed E-state index contributed by atoms with van der Waals surface area (Å²) in [6.45, 7) is 2.44. The van der Waals surface area contributed by atoms with Gasteiger partial charge in [-0.1, -0.05) is 42.5 Å². The van der Waals surface area contributed by atoms with Crippen LogP contribution in [0.4, 0.5) is 0 Å². The monoisotopic (exact) mass is 384 g/mol. The van der Waals surface area contributed by atoms with E-state index in [1.54, 1.807) is 18.9 Å². The Balaban J connectivity index is 2.15. The molecule has 0 aliphatic rings. The smallest absolute Gasteiger partial charge is 0.242 e. The highest BCUT2D eigenvalue weighted by atomic mass is 16.5. The molecule has 2 aromatic rings. The number of ether oxygens (including phenoxy) is 1. The molecule has 28 heavy (non-hydrogen) atoms. The van der Waals surface area contributed by atoms with Gasteiger partial charge in [-0.2, -0.15) is 0 Å². The lowest BCUT2D eigenvalue weighted by Crippen LogP contribution is -2.48. The second-order valence-electron chi connectivity index (χ2n) is 6.58. The van der Waals surface area contributed by atoms with E-state index in [9.17, 15) is 9.59 Å². The number of amides is 2. The van der Waals surface area contributed by atoms with Crippen molar-refractivity contribution in [2.24, 2.45) is 0 Å². The van der Waals surface area contributed by atoms with Crippen LogP contribution in [0.5, 0.6) is 5.75 Å². The van der Waals surface area contributed by atoms with Gasteiger partial charge < -0.3 is 20.1 Å². The minimum Gasteiger partial charge on any atom is -0.497 e. The van der Waals surface area contributed by atoms with Crippen LogP contribution < -0.4 is 10.1 Å². The Morgan fingerprint density at radius 3 is 2.36 bits per heavy atom. The Kier molecular flexibility index (Phi) is 8.49. The number of aliphatic hydroxyl groups is 1. The first-order valence-electron chi connectivity index (χ1n) is 9.40. The summed E-state index contributed by atoms with van der Waals surface area (Å²) in [6, 6.07) is 16.3. The first-order chi connectivity index (χ1) is 13.5. The van der Waals surface area contributed by atoms with Gasteiger partial charge in [0.1, 0.15) is 11.8 Å². The number of aliphatic hydroxyl groups excluding tert-OH is 1. The summed E-state index contributed by atoms with van der Waals surface area (Å²) in [4.78, 5) is 27.1. The highest BCUT2D eigenvalue weighted by Crippen LogP contribution is 2.16. The van der Waals surface area contributed by atoms with Crippen LogP contribution >= 0.6 is 0 Å². The van der Waals surface area contributed by atoms with Crippen molar-refractivity contribution in [2.45, 2.75) is 32.4 Å². The largest absolute Gasteiger partial charge is 0.497 e. The fourth-order valence-electron chi connectivity index (χ4n) is 2.82. The second kappa shape index (κ2) is 11.1. The zero-order valence-corrected chi connectivity index (χ0v) is 16.4. The molecular weight excluding hydrogens is 356 g/mol. The molecule has 0 bridgehead atoms. The number of nitrogens with one attached hydrogen (secondary N) is 1. The lowest BCUT2D eigenvalue weighted by atomic mass is 10.1. The minimum absolute atomic E-state index is 0.0111. The molecule has 0 heterocycles. The summed E-state index contributed by atoms with van der Waals surface area (Å²) in [5, 5.41) is 11.7. The summed E-state index contributed by atoms with van der Waals surface area (Å²) in [7, 11) is 1.60. The predicted molar refractivity (Wildman–Crippen MR) is 108 cm³/mol. The number of nitrogens with zero attached hydrogens (tertiary/aromatic N) is 1. The highest BCUT2D eigenvalue weighted by Gasteiger charge is 2.26. The average molecular weight is 384 g/mol. The van der Waals surface area contributed by atoms with E-state index in [1.807, 2.05) is 54.6 Å². The lowest BCUT2D eigenvalue weighted by molar-refractivity contribution is -0.140. The molecule has 0 radical (unpaired) electrons. The Morgan fingerprint density at radius 1 is 1.07 bits per heavy atom. The fraction of sp³-hybridized carbons (Fsp3) is 0.364. The number of hydrogen-bond donors (Lipinski definition) is 2. The summed E-state index contributed by atoms with van der Waals surface area (Å²) in [5.41, 5.74) is 1.82. The van der Waals surface area contributed by atoms with Crippen molar-refractivity contribution >= 4 is 11.8 Å². The average Bonchev–Trinajstić information content (AvgIpc) is 2.72. The molecule has 0 spiro atoms. The second-order valence-corrected chi connectivity index (χ2v) is 6.58. The molecule has 2 N–H and O–H groups in total. The SMILES string of the molecule is COc1ccc(CN(C(=O)Cc2ccccc2)[C@H](C)C(=O)NCCCO)cc1. The van der Waals surface area contributed by atoms with E-state index < -0.39 is 6.04 Å². The van der Waals surface area contributed by atoms with E-state index in [4.69, 9.17) is 9.84 Å². The number of hydrogen-bond acceptors (Lipinski definition) is 4. The molecule has 2 amide bonds. The quantitative estimate of drug-likeness (QED) is 0.615. The van der Waals surface area contributed by atoms with Crippen molar-refractivity contribution in [3.63, 3.8) is 0 Å². The maximum Gasteiger partial charge on any atom is 0.242 e. The van der Waals surface area contributed by atoms with E-state index in [-0.39, 0.29) is 24.8 Å². The third-order valence-corrected chi connectivity index (χ3v) is 4.51. The van der Waals surface area contributed by atoms with Crippen LogP contribution in [0.15, 0.2) is 54.6 Å². The first kappa shape index (κ1) is 21.4. The number of benzene rings is 2. The number of rotatable bonds is 10. The highest BCUT2D eigenvalue weighted by molar-refractivity contribution is 5.88. The lowest BCUT2D eigenvalue weighted by Gasteiger charge is -2.29. The predicted octanol–water partition coefficient (Wildman–Crippen LogP) is 2.15. The topological polar surface area (TPSA) is 78.9 Å². The van der Waals surface area contributed by atoms with Gasteiger partial charge >= 0.3 is 0 Å². The molecule has 0 saturated carbocycles. The number of carbonyl (C=O) groups is 2. The van der Waals surface area contributed by atoms with E-state index in [0.717, 1.165) is 16.9 Å². The van der Waals surface area contributed by atoms with E-state index in [2.05, 4.69) is 5.32 Å². The van der Waals surface area contributed by atoms with Gasteiger partial charge in [0.15, 0.2) is 0 Å². The normalized spacial score (nSPS) is 11.5. The van der Waals surface area contributed by atoms with Crippen molar-refractivity contribution in [2.75, 3.05) is 20.3 Å². The Hall–Kier alpha value is -2.86. The number of methoxy groups -OCH3 is 1. The molecule has 6 nitrogen and oxygen atoms in total. The third-order valence-electron chi connectivity index (χ3n) is 4.51. The standard InChI is InChI=1S/C22H28N2O4/c1-17(22(27)23-13-6-14-25)24(16-19-9-11-20(28-2)12-10-19)21(26)15-18-7-4-3-5-8-18/h3-5,7-12,17,25H,6,13-16H2,1-2H3,(H,23,27)/t17-/m1/s1. The van der Waals surface area contributed by atoms with Gasteiger partial charge in [0.25, 0.3) is 0 Å². The van der Waals surface area contributed by atoms with Gasteiger partial charge in [0.2, 0.25) is 11.8 Å². The Labute approximate surface area is 166 Å². The van der Waals surface area contributed by atoms with Crippen LogP contribution in [0.25, 0.3) is 0 Å². The molecule has 0 unspecified atom stereocenters. The van der Waals surface area contributed by atoms with Crippen molar-refractivity contribution in [3.8, 4) is 5.75 Å². The van der Waals surface area contributed by atoms with Crippen molar-refractivity contribution in [1.82, 2.24) is 10.2 Å². The molecule has 0 aromatic heterocycles. The minimum atomic E-state index is -0.628. The maximum absolute atomic E-state index is 13.0. The van der Waals surface area contributed by atoms with Crippen LogP contribution in [0.3, 0.4) is 0 Å². The van der Waals surface area contributed by atoms with Crippen molar-refractivity contribution in [1.29, 1.82) is 0 Å². The Bertz CT molecular complexity index is 747. The number of carbonyl (C=O) groups excluding carboxylic acids is 2. The van der Waals surface area contributed by atoms with Crippen LogP contribution in [0.1, 0.15) is 24.5 Å². The first-order valence-corrected chi connectivity index (χ1v) is 9.40. The van der Waals surface area contributed by atoms with Crippen molar-refractivity contribution < 1.29 is 19.4 Å². The summed E-state index contributed by atoms with van der Waals surface area (Å²) < 4.78 is 5.18. The zero-order valence-electron chi connectivity index (χ0n) is 16.4. The Morgan fingerprint density at radius 2 is 1.75 bits per heavy atom. The summed E-state index contributed by atoms with van der Waals surface area (Å²) in [6.07, 6.45) is 0.708. The molecule has 2 rings (SSSR count). The van der Waals surface area contributed by atoms with Crippen LogP contribution in [0, 0.1) is 0 Å². The fourth-order valence-corrected chi connectivity index (χ4v) is 2.82. The van der Waals surface area contributed by atoms with Crippen molar-refractivity contribution in [3.05, 3.63) is 65.7 Å². The molecule has 0 aliphatic carbocycles. The van der Waals surface area contributed by atoms with Crippen LogP contribution in [-0.2, 0) is 22.6 Å². The van der Waals surface area contributed by atoms with Crippen LogP contribution in [-0.4, -0.2) is 48.1 Å². The van der Waals surface area contributed by atoms with E-state index in [0.29, 0.717) is 19.5 Å². The molecule has 0 fully saturated rings. The van der Waals surface area contributed by atoms with Crippen LogP contribution in [0.2, 0.25) is 0 Å². The van der Waals surface area contributed by atoms with E-state index >= 15 is 0 Å². The molecule has 0 aliphatic heterocycles. The molecule has 6 heteroatoms. The van der Waals surface area contributed by atoms with Gasteiger partial charge in [0.05, 0.1) is 13.5 Å². The van der Waals surface area contributed by atoms with Gasteiger partial charge in [-0.3, -0.25) is 9.59 Å². The molecule has 150 valence electrons. The van der Waals surface area contributed by atoms with Gasteiger partial charge in [-0.25, -0.2) is 0 Å².